The van der Waals surface area contributed by atoms with E-state index in [2.05, 4.69) is 16.4 Å². The van der Waals surface area contributed by atoms with Crippen LogP contribution in [0.25, 0.3) is 10.9 Å². The third-order valence-corrected chi connectivity index (χ3v) is 3.05. The molecule has 2 aromatic rings. The minimum Gasteiger partial charge on any atom is -0.396 e. The van der Waals surface area contributed by atoms with Gasteiger partial charge in [0, 0.05) is 30.4 Å². The van der Waals surface area contributed by atoms with Crippen LogP contribution >= 0.6 is 0 Å². The molecule has 3 heteroatoms. The molecule has 0 bridgehead atoms. The van der Waals surface area contributed by atoms with E-state index in [1.807, 2.05) is 30.5 Å². The standard InChI is InChI=1S/C15H20N2O/c18-12-6-2-1-5-10-16-15-9-11-17-14-8-4-3-7-13(14)15/h3-4,7-9,11,18H,1-2,5-6,10,12H2,(H,16,17). The van der Waals surface area contributed by atoms with E-state index in [-0.39, 0.29) is 0 Å². The molecule has 0 fully saturated rings. The molecule has 0 aliphatic carbocycles. The highest BCUT2D eigenvalue weighted by Crippen LogP contribution is 2.20. The molecule has 0 spiro atoms. The number of hydrogen-bond donors (Lipinski definition) is 2. The summed E-state index contributed by atoms with van der Waals surface area (Å²) in [4.78, 5) is 4.34. The number of para-hydroxylation sites is 1. The fourth-order valence-corrected chi connectivity index (χ4v) is 2.06. The van der Waals surface area contributed by atoms with E-state index in [1.165, 1.54) is 5.39 Å². The number of fused-ring (bicyclic) bond motifs is 1. The first kappa shape index (κ1) is 12.8. The smallest absolute Gasteiger partial charge is 0.0722 e. The van der Waals surface area contributed by atoms with Crippen LogP contribution in [0.2, 0.25) is 0 Å². The molecule has 0 aliphatic heterocycles. The molecule has 2 rings (SSSR count). The van der Waals surface area contributed by atoms with Gasteiger partial charge < -0.3 is 10.4 Å². The summed E-state index contributed by atoms with van der Waals surface area (Å²) in [5, 5.41) is 13.3. The largest absolute Gasteiger partial charge is 0.396 e. The zero-order valence-corrected chi connectivity index (χ0v) is 10.6. The van der Waals surface area contributed by atoms with Crippen molar-refractivity contribution in [1.82, 2.24) is 4.98 Å². The number of unbranched alkanes of at least 4 members (excludes halogenated alkanes) is 3. The topological polar surface area (TPSA) is 45.1 Å². The molecule has 18 heavy (non-hydrogen) atoms. The van der Waals surface area contributed by atoms with Crippen LogP contribution in [0.3, 0.4) is 0 Å². The van der Waals surface area contributed by atoms with Crippen LogP contribution in [-0.4, -0.2) is 23.2 Å². The Bertz CT molecular complexity index is 479. The van der Waals surface area contributed by atoms with Crippen LogP contribution in [0.4, 0.5) is 5.69 Å². The number of aliphatic hydroxyl groups is 1. The molecule has 0 amide bonds. The second-order valence-electron chi connectivity index (χ2n) is 4.44. The predicted molar refractivity (Wildman–Crippen MR) is 75.8 cm³/mol. The van der Waals surface area contributed by atoms with E-state index in [0.29, 0.717) is 6.61 Å². The van der Waals surface area contributed by atoms with Gasteiger partial charge in [-0.2, -0.15) is 0 Å². The molecule has 0 saturated heterocycles. The van der Waals surface area contributed by atoms with E-state index in [9.17, 15) is 0 Å². The lowest BCUT2D eigenvalue weighted by Gasteiger charge is -2.09. The first-order valence-electron chi connectivity index (χ1n) is 6.60. The molecule has 96 valence electrons. The van der Waals surface area contributed by atoms with Gasteiger partial charge in [0.15, 0.2) is 0 Å². The van der Waals surface area contributed by atoms with E-state index < -0.39 is 0 Å². The van der Waals surface area contributed by atoms with E-state index in [0.717, 1.165) is 43.4 Å². The van der Waals surface area contributed by atoms with Crippen LogP contribution < -0.4 is 5.32 Å². The average molecular weight is 244 g/mol. The second kappa shape index (κ2) is 6.97. The lowest BCUT2D eigenvalue weighted by atomic mass is 10.1. The van der Waals surface area contributed by atoms with E-state index in [4.69, 9.17) is 5.11 Å². The summed E-state index contributed by atoms with van der Waals surface area (Å²) in [7, 11) is 0. The number of pyridine rings is 1. The first-order chi connectivity index (χ1) is 8.92. The minimum absolute atomic E-state index is 0.308. The van der Waals surface area contributed by atoms with Crippen LogP contribution in [0.5, 0.6) is 0 Å². The van der Waals surface area contributed by atoms with Crippen LogP contribution in [0.1, 0.15) is 25.7 Å². The molecule has 1 aromatic carbocycles. The van der Waals surface area contributed by atoms with Crippen molar-refractivity contribution in [2.24, 2.45) is 0 Å². The molecule has 0 unspecified atom stereocenters. The van der Waals surface area contributed by atoms with Crippen molar-refractivity contribution in [2.45, 2.75) is 25.7 Å². The van der Waals surface area contributed by atoms with Gasteiger partial charge in [-0.25, -0.2) is 0 Å². The third kappa shape index (κ3) is 3.44. The SMILES string of the molecule is OCCCCCCNc1ccnc2ccccc12. The number of nitrogens with zero attached hydrogens (tertiary/aromatic N) is 1. The van der Waals surface area contributed by atoms with Gasteiger partial charge in [-0.1, -0.05) is 31.0 Å². The number of benzene rings is 1. The number of aliphatic hydroxyl groups excluding tert-OH is 1. The summed E-state index contributed by atoms with van der Waals surface area (Å²) < 4.78 is 0. The second-order valence-corrected chi connectivity index (χ2v) is 4.44. The van der Waals surface area contributed by atoms with Gasteiger partial charge in [-0.05, 0) is 25.0 Å². The minimum atomic E-state index is 0.308. The van der Waals surface area contributed by atoms with Crippen LogP contribution in [0.15, 0.2) is 36.5 Å². The van der Waals surface area contributed by atoms with Crippen molar-refractivity contribution in [2.75, 3.05) is 18.5 Å². The monoisotopic (exact) mass is 244 g/mol. The number of nitrogens with one attached hydrogen (secondary N) is 1. The van der Waals surface area contributed by atoms with Crippen molar-refractivity contribution in [3.05, 3.63) is 36.5 Å². The van der Waals surface area contributed by atoms with Gasteiger partial charge in [0.2, 0.25) is 0 Å². The van der Waals surface area contributed by atoms with Gasteiger partial charge in [-0.3, -0.25) is 4.98 Å². The van der Waals surface area contributed by atoms with Gasteiger partial charge in [-0.15, -0.1) is 0 Å². The Labute approximate surface area is 108 Å². The fraction of sp³-hybridized carbons (Fsp3) is 0.400. The van der Waals surface area contributed by atoms with Crippen molar-refractivity contribution in [3.63, 3.8) is 0 Å². The maximum atomic E-state index is 8.70. The highest BCUT2D eigenvalue weighted by atomic mass is 16.2. The Morgan fingerprint density at radius 3 is 2.72 bits per heavy atom. The van der Waals surface area contributed by atoms with Crippen molar-refractivity contribution < 1.29 is 5.11 Å². The molecule has 3 nitrogen and oxygen atoms in total. The normalized spacial score (nSPS) is 10.7. The zero-order chi connectivity index (χ0) is 12.6. The van der Waals surface area contributed by atoms with Gasteiger partial charge in [0.25, 0.3) is 0 Å². The highest BCUT2D eigenvalue weighted by Gasteiger charge is 1.99. The van der Waals surface area contributed by atoms with Crippen molar-refractivity contribution in [3.8, 4) is 0 Å². The van der Waals surface area contributed by atoms with Crippen molar-refractivity contribution in [1.29, 1.82) is 0 Å². The third-order valence-electron chi connectivity index (χ3n) is 3.05. The van der Waals surface area contributed by atoms with Gasteiger partial charge in [0.05, 0.1) is 5.52 Å². The average Bonchev–Trinajstić information content (AvgIpc) is 2.43. The predicted octanol–water partition coefficient (Wildman–Crippen LogP) is 3.20. The van der Waals surface area contributed by atoms with Crippen LogP contribution in [-0.2, 0) is 0 Å². The molecule has 0 saturated carbocycles. The molecular formula is C15H20N2O. The lowest BCUT2D eigenvalue weighted by Crippen LogP contribution is -2.02. The molecule has 0 radical (unpaired) electrons. The maximum absolute atomic E-state index is 8.70. The molecule has 1 aromatic heterocycles. The number of hydrogen-bond acceptors (Lipinski definition) is 3. The summed E-state index contributed by atoms with van der Waals surface area (Å²) in [5.74, 6) is 0. The van der Waals surface area contributed by atoms with Crippen molar-refractivity contribution >= 4 is 16.6 Å². The Morgan fingerprint density at radius 2 is 1.83 bits per heavy atom. The van der Waals surface area contributed by atoms with E-state index >= 15 is 0 Å². The van der Waals surface area contributed by atoms with Crippen LogP contribution in [0, 0.1) is 0 Å². The lowest BCUT2D eigenvalue weighted by molar-refractivity contribution is 0.283. The Hall–Kier alpha value is -1.61. The fourth-order valence-electron chi connectivity index (χ4n) is 2.06. The maximum Gasteiger partial charge on any atom is 0.0722 e. The highest BCUT2D eigenvalue weighted by molar-refractivity contribution is 5.90. The molecular weight excluding hydrogens is 224 g/mol. The molecule has 2 N–H and O–H groups in total. The Morgan fingerprint density at radius 1 is 1.00 bits per heavy atom. The zero-order valence-electron chi connectivity index (χ0n) is 10.6. The quantitative estimate of drug-likeness (QED) is 0.735. The molecule has 1 heterocycles. The summed E-state index contributed by atoms with van der Waals surface area (Å²) in [6.45, 7) is 1.28. The van der Waals surface area contributed by atoms with E-state index in [1.54, 1.807) is 0 Å². The first-order valence-corrected chi connectivity index (χ1v) is 6.60. The summed E-state index contributed by atoms with van der Waals surface area (Å²) in [6, 6.07) is 10.2. The summed E-state index contributed by atoms with van der Waals surface area (Å²) in [6.07, 6.45) is 6.16. The number of rotatable bonds is 7. The molecule has 0 aliphatic rings. The summed E-state index contributed by atoms with van der Waals surface area (Å²) >= 11 is 0. The van der Waals surface area contributed by atoms with Gasteiger partial charge >= 0.3 is 0 Å². The molecule has 0 atom stereocenters. The Balaban J connectivity index is 1.88. The number of anilines is 1. The summed E-state index contributed by atoms with van der Waals surface area (Å²) in [5.41, 5.74) is 2.19. The van der Waals surface area contributed by atoms with Gasteiger partial charge in [0.1, 0.15) is 0 Å². The Kier molecular flexibility index (Phi) is 4.97. The number of aromatic nitrogens is 1.